The van der Waals surface area contributed by atoms with Crippen LogP contribution < -0.4 is 0 Å². The highest BCUT2D eigenvalue weighted by atomic mass is 16.6. The van der Waals surface area contributed by atoms with Crippen LogP contribution >= 0.6 is 0 Å². The Balaban J connectivity index is 1.71. The number of esters is 2. The number of cyclic esters (lactones) is 2. The molecular weight excluding hydrogens is 252 g/mol. The smallest absolute Gasteiger partial charge is 0.318 e. The predicted octanol–water partition coefficient (Wildman–Crippen LogP) is 2.70. The van der Waals surface area contributed by atoms with Gasteiger partial charge in [0.2, 0.25) is 0 Å². The Labute approximate surface area is 118 Å². The standard InChI is InChI=1S/C17H20O3/c1-16(2)9-4-5-17(16,3)13-8-6-7(10(9)13)11-12(8)15(19)20-14(11)18/h7-9,11-12H,4-6H2,1-3H3/t7-,8+,9+,11+,12+,17-/m1/s1. The van der Waals surface area contributed by atoms with Crippen molar-refractivity contribution in [1.82, 2.24) is 0 Å². The molecule has 3 heteroatoms. The Morgan fingerprint density at radius 2 is 1.70 bits per heavy atom. The van der Waals surface area contributed by atoms with Gasteiger partial charge in [0.15, 0.2) is 0 Å². The maximum atomic E-state index is 12.1. The van der Waals surface area contributed by atoms with Gasteiger partial charge in [0.1, 0.15) is 0 Å². The summed E-state index contributed by atoms with van der Waals surface area (Å²) in [5.74, 6) is 0.442. The first-order valence-corrected chi connectivity index (χ1v) is 7.88. The SMILES string of the molecule is CC1(C)[C@H]2CC[C@]1(C)C1=C2[C@H]2C[C@H]1[C@@H]1C(=O)OC(=O)[C@H]12. The maximum Gasteiger partial charge on any atom is 0.318 e. The van der Waals surface area contributed by atoms with Gasteiger partial charge in [0, 0.05) is 0 Å². The molecule has 106 valence electrons. The van der Waals surface area contributed by atoms with Crippen molar-refractivity contribution in [1.29, 1.82) is 0 Å². The molecule has 0 aromatic rings. The Bertz CT molecular complexity index is 614. The first-order valence-electron chi connectivity index (χ1n) is 7.88. The third-order valence-electron chi connectivity index (χ3n) is 7.78. The molecule has 0 aromatic carbocycles. The van der Waals surface area contributed by atoms with Crippen molar-refractivity contribution in [2.75, 3.05) is 0 Å². The van der Waals surface area contributed by atoms with Gasteiger partial charge in [-0.25, -0.2) is 0 Å². The Hall–Kier alpha value is -1.12. The first-order chi connectivity index (χ1) is 9.38. The van der Waals surface area contributed by atoms with E-state index in [0.29, 0.717) is 23.2 Å². The van der Waals surface area contributed by atoms with E-state index in [4.69, 9.17) is 4.74 Å². The summed E-state index contributed by atoms with van der Waals surface area (Å²) < 4.78 is 4.95. The minimum atomic E-state index is -0.247. The molecule has 1 aliphatic heterocycles. The molecule has 0 spiro atoms. The van der Waals surface area contributed by atoms with Crippen LogP contribution in [0.2, 0.25) is 0 Å². The van der Waals surface area contributed by atoms with Gasteiger partial charge in [-0.1, -0.05) is 31.9 Å². The number of carbonyl (C=O) groups is 2. The molecule has 1 heterocycles. The van der Waals surface area contributed by atoms with Crippen LogP contribution in [0, 0.1) is 40.4 Å². The molecule has 5 rings (SSSR count). The van der Waals surface area contributed by atoms with E-state index in [1.807, 2.05) is 0 Å². The summed E-state index contributed by atoms with van der Waals surface area (Å²) in [6.07, 6.45) is 3.53. The minimum Gasteiger partial charge on any atom is -0.393 e. The Kier molecular flexibility index (Phi) is 1.67. The van der Waals surface area contributed by atoms with Crippen molar-refractivity contribution in [3.05, 3.63) is 11.1 Å². The minimum absolute atomic E-state index is 0.148. The van der Waals surface area contributed by atoms with Crippen molar-refractivity contribution < 1.29 is 14.3 Å². The van der Waals surface area contributed by atoms with Crippen LogP contribution in [-0.4, -0.2) is 11.9 Å². The average molecular weight is 272 g/mol. The van der Waals surface area contributed by atoms with E-state index >= 15 is 0 Å². The summed E-state index contributed by atoms with van der Waals surface area (Å²) in [6, 6.07) is 0. The van der Waals surface area contributed by atoms with Gasteiger partial charge < -0.3 is 4.74 Å². The monoisotopic (exact) mass is 272 g/mol. The quantitative estimate of drug-likeness (QED) is 0.295. The topological polar surface area (TPSA) is 43.4 Å². The molecule has 0 amide bonds. The van der Waals surface area contributed by atoms with E-state index in [-0.39, 0.29) is 29.2 Å². The van der Waals surface area contributed by atoms with Crippen LogP contribution in [-0.2, 0) is 14.3 Å². The summed E-state index contributed by atoms with van der Waals surface area (Å²) in [5.41, 5.74) is 3.67. The number of carbonyl (C=O) groups excluding carboxylic acids is 2. The second kappa shape index (κ2) is 2.90. The predicted molar refractivity (Wildman–Crippen MR) is 71.3 cm³/mol. The molecule has 3 fully saturated rings. The van der Waals surface area contributed by atoms with Crippen LogP contribution in [0.25, 0.3) is 0 Å². The van der Waals surface area contributed by atoms with Gasteiger partial charge in [-0.3, -0.25) is 9.59 Å². The highest BCUT2D eigenvalue weighted by molar-refractivity contribution is 5.98. The van der Waals surface area contributed by atoms with Crippen molar-refractivity contribution in [3.63, 3.8) is 0 Å². The Morgan fingerprint density at radius 1 is 1.05 bits per heavy atom. The number of hydrogen-bond donors (Lipinski definition) is 0. The van der Waals surface area contributed by atoms with Crippen LogP contribution in [0.4, 0.5) is 0 Å². The summed E-state index contributed by atoms with van der Waals surface area (Å²) in [7, 11) is 0. The number of ether oxygens (including phenoxy) is 1. The summed E-state index contributed by atoms with van der Waals surface area (Å²) in [5, 5.41) is 0. The van der Waals surface area contributed by atoms with Crippen LogP contribution in [0.1, 0.15) is 40.0 Å². The van der Waals surface area contributed by atoms with Gasteiger partial charge in [0.05, 0.1) is 11.8 Å². The fourth-order valence-electron chi connectivity index (χ4n) is 6.66. The average Bonchev–Trinajstić information content (AvgIpc) is 3.07. The largest absolute Gasteiger partial charge is 0.393 e. The van der Waals surface area contributed by atoms with Gasteiger partial charge in [-0.15, -0.1) is 0 Å². The van der Waals surface area contributed by atoms with Crippen LogP contribution in [0.5, 0.6) is 0 Å². The van der Waals surface area contributed by atoms with Crippen molar-refractivity contribution in [2.24, 2.45) is 40.4 Å². The summed E-state index contributed by atoms with van der Waals surface area (Å²) >= 11 is 0. The number of rotatable bonds is 0. The fraction of sp³-hybridized carbons (Fsp3) is 0.765. The lowest BCUT2D eigenvalue weighted by atomic mass is 9.63. The lowest BCUT2D eigenvalue weighted by Gasteiger charge is -2.40. The maximum absolute atomic E-state index is 12.1. The zero-order valence-electron chi connectivity index (χ0n) is 12.2. The van der Waals surface area contributed by atoms with E-state index < -0.39 is 0 Å². The highest BCUT2D eigenvalue weighted by Gasteiger charge is 2.72. The molecular formula is C17H20O3. The van der Waals surface area contributed by atoms with Gasteiger partial charge in [-0.2, -0.15) is 0 Å². The molecule has 4 bridgehead atoms. The van der Waals surface area contributed by atoms with Gasteiger partial charge >= 0.3 is 11.9 Å². The molecule has 2 saturated carbocycles. The third kappa shape index (κ3) is 0.872. The zero-order chi connectivity index (χ0) is 14.0. The molecule has 6 atom stereocenters. The van der Waals surface area contributed by atoms with Crippen LogP contribution in [0.3, 0.4) is 0 Å². The van der Waals surface area contributed by atoms with E-state index in [9.17, 15) is 9.59 Å². The molecule has 0 aromatic heterocycles. The number of allylic oxidation sites excluding steroid dienone is 2. The summed E-state index contributed by atoms with van der Waals surface area (Å²) in [6.45, 7) is 7.17. The summed E-state index contributed by atoms with van der Waals surface area (Å²) in [4.78, 5) is 24.1. The molecule has 3 nitrogen and oxygen atoms in total. The Morgan fingerprint density at radius 3 is 2.40 bits per heavy atom. The molecule has 4 aliphatic carbocycles. The molecule has 1 saturated heterocycles. The molecule has 0 unspecified atom stereocenters. The second-order valence-electron chi connectivity index (χ2n) is 8.25. The van der Waals surface area contributed by atoms with Crippen LogP contribution in [0.15, 0.2) is 11.1 Å². The molecule has 20 heavy (non-hydrogen) atoms. The van der Waals surface area contributed by atoms with Gasteiger partial charge in [0.25, 0.3) is 0 Å². The van der Waals surface area contributed by atoms with Crippen molar-refractivity contribution >= 4 is 11.9 Å². The second-order valence-corrected chi connectivity index (χ2v) is 8.25. The zero-order valence-corrected chi connectivity index (χ0v) is 12.2. The van der Waals surface area contributed by atoms with E-state index in [2.05, 4.69) is 20.8 Å². The lowest BCUT2D eigenvalue weighted by Crippen LogP contribution is -2.34. The van der Waals surface area contributed by atoms with E-state index in [0.717, 1.165) is 6.42 Å². The molecule has 5 aliphatic rings. The lowest BCUT2D eigenvalue weighted by molar-refractivity contribution is -0.154. The van der Waals surface area contributed by atoms with E-state index in [1.165, 1.54) is 12.8 Å². The third-order valence-corrected chi connectivity index (χ3v) is 7.78. The van der Waals surface area contributed by atoms with Crippen molar-refractivity contribution in [2.45, 2.75) is 40.0 Å². The number of fused-ring (bicyclic) bond motifs is 11. The normalized spacial score (nSPS) is 53.6. The fourth-order valence-corrected chi connectivity index (χ4v) is 6.66. The van der Waals surface area contributed by atoms with Crippen molar-refractivity contribution in [3.8, 4) is 0 Å². The highest BCUT2D eigenvalue weighted by Crippen LogP contribution is 2.77. The number of hydrogen-bond acceptors (Lipinski definition) is 3. The van der Waals surface area contributed by atoms with E-state index in [1.54, 1.807) is 11.1 Å². The first kappa shape index (κ1) is 11.5. The van der Waals surface area contributed by atoms with Gasteiger partial charge in [-0.05, 0) is 47.8 Å². The molecule has 0 N–H and O–H groups in total. The molecule has 0 radical (unpaired) electrons.